The lowest BCUT2D eigenvalue weighted by Crippen LogP contribution is -2.23. The second-order valence-corrected chi connectivity index (χ2v) is 3.07. The van der Waals surface area contributed by atoms with Crippen LogP contribution in [0.15, 0.2) is 9.59 Å². The maximum absolute atomic E-state index is 11.4. The molecule has 14 heavy (non-hydrogen) atoms. The minimum absolute atomic E-state index is 0.245. The standard InChI is InChI=1S/C7H9N5O2/c1-10-4-5(11(2)7(10)14)9-12(3)6(13)8-4/h1-3H3. The molecule has 0 bridgehead atoms. The van der Waals surface area contributed by atoms with Gasteiger partial charge >= 0.3 is 11.4 Å². The Morgan fingerprint density at radius 3 is 2.21 bits per heavy atom. The summed E-state index contributed by atoms with van der Waals surface area (Å²) in [5, 5.41) is 3.94. The van der Waals surface area contributed by atoms with Crippen LogP contribution in [0.25, 0.3) is 11.3 Å². The second kappa shape index (κ2) is 2.53. The molecule has 0 fully saturated rings. The first-order valence-electron chi connectivity index (χ1n) is 3.99. The molecule has 0 aliphatic rings. The lowest BCUT2D eigenvalue weighted by atomic mass is 10.7. The number of hydrogen-bond acceptors (Lipinski definition) is 4. The Labute approximate surface area is 78.2 Å². The van der Waals surface area contributed by atoms with Crippen molar-refractivity contribution in [2.75, 3.05) is 0 Å². The van der Waals surface area contributed by atoms with E-state index in [2.05, 4.69) is 10.1 Å². The summed E-state index contributed by atoms with van der Waals surface area (Å²) >= 11 is 0. The lowest BCUT2D eigenvalue weighted by Gasteiger charge is -1.95. The zero-order chi connectivity index (χ0) is 10.5. The fourth-order valence-electron chi connectivity index (χ4n) is 1.29. The van der Waals surface area contributed by atoms with Gasteiger partial charge in [0.15, 0.2) is 5.65 Å². The normalized spacial score (nSPS) is 11.1. The molecule has 0 atom stereocenters. The van der Waals surface area contributed by atoms with Gasteiger partial charge in [-0.3, -0.25) is 9.13 Å². The van der Waals surface area contributed by atoms with Gasteiger partial charge < -0.3 is 0 Å². The van der Waals surface area contributed by atoms with E-state index in [0.29, 0.717) is 11.3 Å². The van der Waals surface area contributed by atoms with Crippen LogP contribution in [0, 0.1) is 0 Å². The van der Waals surface area contributed by atoms with Crippen LogP contribution in [0.3, 0.4) is 0 Å². The van der Waals surface area contributed by atoms with Crippen LogP contribution in [0.2, 0.25) is 0 Å². The quantitative estimate of drug-likeness (QED) is 0.505. The number of imidazole rings is 1. The highest BCUT2D eigenvalue weighted by Gasteiger charge is 2.11. The molecule has 74 valence electrons. The van der Waals surface area contributed by atoms with Gasteiger partial charge in [-0.25, -0.2) is 14.3 Å². The highest BCUT2D eigenvalue weighted by atomic mass is 16.2. The third kappa shape index (κ3) is 0.918. The van der Waals surface area contributed by atoms with Gasteiger partial charge in [0, 0.05) is 21.1 Å². The maximum atomic E-state index is 11.4. The van der Waals surface area contributed by atoms with E-state index in [-0.39, 0.29) is 5.69 Å². The molecule has 0 N–H and O–H groups in total. The smallest absolute Gasteiger partial charge is 0.278 e. The largest absolute Gasteiger partial charge is 0.365 e. The van der Waals surface area contributed by atoms with Crippen molar-refractivity contribution in [3.8, 4) is 0 Å². The van der Waals surface area contributed by atoms with Gasteiger partial charge in [-0.15, -0.1) is 5.10 Å². The number of rotatable bonds is 0. The minimum Gasteiger partial charge on any atom is -0.278 e. The first kappa shape index (κ1) is 8.67. The van der Waals surface area contributed by atoms with Crippen molar-refractivity contribution >= 4 is 11.3 Å². The van der Waals surface area contributed by atoms with Crippen LogP contribution in [0.1, 0.15) is 0 Å². The molecule has 7 nitrogen and oxygen atoms in total. The second-order valence-electron chi connectivity index (χ2n) is 3.07. The van der Waals surface area contributed by atoms with Crippen LogP contribution in [-0.4, -0.2) is 23.9 Å². The molecule has 0 spiro atoms. The molecule has 2 rings (SSSR count). The van der Waals surface area contributed by atoms with E-state index >= 15 is 0 Å². The summed E-state index contributed by atoms with van der Waals surface area (Å²) in [6.07, 6.45) is 0. The fraction of sp³-hybridized carbons (Fsp3) is 0.429. The molecule has 0 aromatic carbocycles. The summed E-state index contributed by atoms with van der Waals surface area (Å²) in [6, 6.07) is 0. The van der Waals surface area contributed by atoms with Crippen molar-refractivity contribution in [2.45, 2.75) is 0 Å². The van der Waals surface area contributed by atoms with Gasteiger partial charge in [0.25, 0.3) is 0 Å². The topological polar surface area (TPSA) is 74.7 Å². The van der Waals surface area contributed by atoms with Gasteiger partial charge in [0.1, 0.15) is 0 Å². The summed E-state index contributed by atoms with van der Waals surface area (Å²) in [4.78, 5) is 26.4. The molecule has 0 saturated heterocycles. The molecule has 0 aliphatic carbocycles. The van der Waals surface area contributed by atoms with E-state index in [0.717, 1.165) is 4.68 Å². The molecular weight excluding hydrogens is 186 g/mol. The molecular formula is C7H9N5O2. The molecule has 7 heteroatoms. The van der Waals surface area contributed by atoms with E-state index in [4.69, 9.17) is 0 Å². The zero-order valence-electron chi connectivity index (χ0n) is 8.05. The number of aromatic nitrogens is 5. The highest BCUT2D eigenvalue weighted by Crippen LogP contribution is 1.99. The van der Waals surface area contributed by atoms with E-state index in [1.807, 2.05) is 0 Å². The zero-order valence-corrected chi connectivity index (χ0v) is 8.05. The molecule has 2 aromatic rings. The molecule has 0 saturated carbocycles. The molecule has 0 radical (unpaired) electrons. The van der Waals surface area contributed by atoms with Crippen molar-refractivity contribution in [1.82, 2.24) is 23.9 Å². The summed E-state index contributed by atoms with van der Waals surface area (Å²) in [7, 11) is 4.63. The number of nitrogens with zero attached hydrogens (tertiary/aromatic N) is 5. The Bertz CT molecular complexity index is 617. The SMILES string of the molecule is Cn1nc2c(nc1=O)n(C)c(=O)n2C. The van der Waals surface area contributed by atoms with Gasteiger partial charge in [-0.05, 0) is 0 Å². The van der Waals surface area contributed by atoms with Crippen molar-refractivity contribution < 1.29 is 0 Å². The van der Waals surface area contributed by atoms with Crippen molar-refractivity contribution in [1.29, 1.82) is 0 Å². The Balaban J connectivity index is 3.12. The van der Waals surface area contributed by atoms with Crippen LogP contribution >= 0.6 is 0 Å². The first-order valence-corrected chi connectivity index (χ1v) is 3.99. The molecule has 2 aromatic heterocycles. The Morgan fingerprint density at radius 1 is 1.00 bits per heavy atom. The van der Waals surface area contributed by atoms with E-state index in [9.17, 15) is 9.59 Å². The third-order valence-corrected chi connectivity index (χ3v) is 2.13. The maximum Gasteiger partial charge on any atom is 0.365 e. The number of hydrogen-bond donors (Lipinski definition) is 0. The molecule has 0 unspecified atom stereocenters. The molecule has 0 amide bonds. The average Bonchev–Trinajstić information content (AvgIpc) is 2.34. The lowest BCUT2D eigenvalue weighted by molar-refractivity contribution is 0.683. The Kier molecular flexibility index (Phi) is 1.57. The van der Waals surface area contributed by atoms with Crippen molar-refractivity contribution in [2.24, 2.45) is 21.1 Å². The van der Waals surface area contributed by atoms with Gasteiger partial charge in [-0.2, -0.15) is 4.98 Å². The Hall–Kier alpha value is -1.92. The monoisotopic (exact) mass is 195 g/mol. The summed E-state index contributed by atoms with van der Waals surface area (Å²) in [5.41, 5.74) is -0.00972. The van der Waals surface area contributed by atoms with Crippen molar-refractivity contribution in [3.05, 3.63) is 21.0 Å². The molecule has 2 heterocycles. The summed E-state index contributed by atoms with van der Waals surface area (Å²) < 4.78 is 3.74. The number of aryl methyl sites for hydroxylation is 3. The summed E-state index contributed by atoms with van der Waals surface area (Å²) in [5.74, 6) is 0. The predicted octanol–water partition coefficient (Wildman–Crippen LogP) is -1.63. The van der Waals surface area contributed by atoms with Crippen LogP contribution in [0.4, 0.5) is 0 Å². The fourth-order valence-corrected chi connectivity index (χ4v) is 1.29. The van der Waals surface area contributed by atoms with Crippen LogP contribution < -0.4 is 11.4 Å². The van der Waals surface area contributed by atoms with Crippen molar-refractivity contribution in [3.63, 3.8) is 0 Å². The minimum atomic E-state index is -0.473. The van der Waals surface area contributed by atoms with Gasteiger partial charge in [0.05, 0.1) is 0 Å². The summed E-state index contributed by atoms with van der Waals surface area (Å²) in [6.45, 7) is 0. The van der Waals surface area contributed by atoms with Crippen LogP contribution in [-0.2, 0) is 21.1 Å². The van der Waals surface area contributed by atoms with E-state index < -0.39 is 5.69 Å². The third-order valence-electron chi connectivity index (χ3n) is 2.13. The number of fused-ring (bicyclic) bond motifs is 1. The predicted molar refractivity (Wildman–Crippen MR) is 49.0 cm³/mol. The van der Waals surface area contributed by atoms with Gasteiger partial charge in [-0.1, -0.05) is 0 Å². The average molecular weight is 195 g/mol. The van der Waals surface area contributed by atoms with Gasteiger partial charge in [0.2, 0.25) is 5.65 Å². The molecule has 0 aliphatic heterocycles. The van der Waals surface area contributed by atoms with Crippen LogP contribution in [0.5, 0.6) is 0 Å². The first-order chi connectivity index (χ1) is 6.52. The van der Waals surface area contributed by atoms with E-state index in [1.165, 1.54) is 16.2 Å². The van der Waals surface area contributed by atoms with E-state index in [1.54, 1.807) is 14.1 Å². The highest BCUT2D eigenvalue weighted by molar-refractivity contribution is 5.64. The Morgan fingerprint density at radius 2 is 1.57 bits per heavy atom.